The molecule has 0 saturated carbocycles. The molecular weight excluding hydrogens is 256 g/mol. The van der Waals surface area contributed by atoms with Gasteiger partial charge in [0, 0.05) is 16.6 Å². The maximum Gasteiger partial charge on any atom is 0.194 e. The van der Waals surface area contributed by atoms with Gasteiger partial charge in [-0.25, -0.2) is 4.98 Å². The molecule has 0 aliphatic carbocycles. The molecule has 0 fully saturated rings. The highest BCUT2D eigenvalue weighted by atomic mass is 32.1. The van der Waals surface area contributed by atoms with Gasteiger partial charge in [-0.05, 0) is 26.3 Å². The van der Waals surface area contributed by atoms with Crippen molar-refractivity contribution in [2.75, 3.05) is 0 Å². The van der Waals surface area contributed by atoms with E-state index in [1.54, 1.807) is 11.3 Å². The maximum atomic E-state index is 9.21. The second-order valence-corrected chi connectivity index (χ2v) is 6.05. The Kier molecular flexibility index (Phi) is 2.92. The number of thiazole rings is 1. The summed E-state index contributed by atoms with van der Waals surface area (Å²) >= 11 is 1.66. The van der Waals surface area contributed by atoms with Crippen LogP contribution in [0.15, 0.2) is 24.4 Å². The second-order valence-electron chi connectivity index (χ2n) is 4.87. The van der Waals surface area contributed by atoms with Gasteiger partial charge >= 0.3 is 0 Å². The summed E-state index contributed by atoms with van der Waals surface area (Å²) in [6.07, 6.45) is 1.92. The molecule has 3 nitrogen and oxygen atoms in total. The van der Waals surface area contributed by atoms with Crippen LogP contribution >= 0.6 is 11.3 Å². The fourth-order valence-corrected chi connectivity index (χ4v) is 3.46. The third kappa shape index (κ3) is 1.97. The van der Waals surface area contributed by atoms with E-state index in [9.17, 15) is 5.11 Å². The summed E-state index contributed by atoms with van der Waals surface area (Å²) in [6.45, 7) is 6.34. The van der Waals surface area contributed by atoms with Crippen molar-refractivity contribution in [1.29, 1.82) is 0 Å². The van der Waals surface area contributed by atoms with Gasteiger partial charge in [-0.2, -0.15) is 0 Å². The first-order chi connectivity index (χ1) is 9.10. The lowest BCUT2D eigenvalue weighted by Crippen LogP contribution is -1.90. The van der Waals surface area contributed by atoms with Crippen LogP contribution in [0.3, 0.4) is 0 Å². The molecule has 3 rings (SSSR count). The molecule has 0 spiro atoms. The zero-order chi connectivity index (χ0) is 13.6. The number of fused-ring (bicyclic) bond motifs is 1. The molecule has 2 heterocycles. The molecule has 0 saturated heterocycles. The number of aryl methyl sites for hydroxylation is 3. The van der Waals surface area contributed by atoms with Crippen molar-refractivity contribution in [2.24, 2.45) is 0 Å². The van der Waals surface area contributed by atoms with Gasteiger partial charge in [-0.3, -0.25) is 4.40 Å². The summed E-state index contributed by atoms with van der Waals surface area (Å²) < 4.78 is 2.09. The normalized spacial score (nSPS) is 11.4. The Morgan fingerprint density at radius 1 is 1.26 bits per heavy atom. The maximum absolute atomic E-state index is 9.21. The third-order valence-corrected chi connectivity index (χ3v) is 4.31. The first-order valence-electron chi connectivity index (χ1n) is 6.26. The molecule has 0 radical (unpaired) electrons. The summed E-state index contributed by atoms with van der Waals surface area (Å²) in [5, 5.41) is 9.21. The van der Waals surface area contributed by atoms with Crippen LogP contribution in [0, 0.1) is 20.8 Å². The van der Waals surface area contributed by atoms with E-state index in [0.717, 1.165) is 10.7 Å². The molecule has 19 heavy (non-hydrogen) atoms. The smallest absolute Gasteiger partial charge is 0.194 e. The molecule has 98 valence electrons. The quantitative estimate of drug-likeness (QED) is 0.775. The summed E-state index contributed by atoms with van der Waals surface area (Å²) in [7, 11) is 0. The van der Waals surface area contributed by atoms with E-state index in [0.29, 0.717) is 0 Å². The standard InChI is InChI=1S/C15H16N2OS/c1-9-4-5-13(10(2)6-9)14-11(3)19-15-16-12(8-18)7-17(14)15/h4-7,18H,8H2,1-3H3. The van der Waals surface area contributed by atoms with E-state index in [-0.39, 0.29) is 6.61 Å². The van der Waals surface area contributed by atoms with Crippen LogP contribution in [0.1, 0.15) is 21.7 Å². The van der Waals surface area contributed by atoms with Gasteiger partial charge in [0.2, 0.25) is 0 Å². The van der Waals surface area contributed by atoms with Crippen molar-refractivity contribution in [3.8, 4) is 11.3 Å². The van der Waals surface area contributed by atoms with E-state index in [2.05, 4.69) is 48.4 Å². The minimum atomic E-state index is -0.0141. The Morgan fingerprint density at radius 2 is 2.05 bits per heavy atom. The summed E-state index contributed by atoms with van der Waals surface area (Å²) in [5.74, 6) is 0. The van der Waals surface area contributed by atoms with Crippen LogP contribution in [0.4, 0.5) is 0 Å². The van der Waals surface area contributed by atoms with Crippen molar-refractivity contribution < 1.29 is 5.11 Å². The van der Waals surface area contributed by atoms with Crippen molar-refractivity contribution in [3.63, 3.8) is 0 Å². The number of hydrogen-bond acceptors (Lipinski definition) is 3. The topological polar surface area (TPSA) is 37.5 Å². The van der Waals surface area contributed by atoms with Crippen LogP contribution in [-0.4, -0.2) is 14.5 Å². The zero-order valence-electron chi connectivity index (χ0n) is 11.3. The number of aliphatic hydroxyl groups is 1. The van der Waals surface area contributed by atoms with E-state index in [4.69, 9.17) is 0 Å². The molecule has 0 aliphatic heterocycles. The Balaban J connectivity index is 2.28. The lowest BCUT2D eigenvalue weighted by molar-refractivity contribution is 0.277. The average molecular weight is 272 g/mol. The number of rotatable bonds is 2. The largest absolute Gasteiger partial charge is 0.390 e. The van der Waals surface area contributed by atoms with E-state index >= 15 is 0 Å². The van der Waals surface area contributed by atoms with Crippen LogP contribution in [0.25, 0.3) is 16.2 Å². The monoisotopic (exact) mass is 272 g/mol. The number of aromatic nitrogens is 2. The third-order valence-electron chi connectivity index (χ3n) is 3.34. The zero-order valence-corrected chi connectivity index (χ0v) is 12.1. The van der Waals surface area contributed by atoms with Gasteiger partial charge in [0.25, 0.3) is 0 Å². The van der Waals surface area contributed by atoms with Gasteiger partial charge in [0.15, 0.2) is 4.96 Å². The Hall–Kier alpha value is -1.65. The minimum absolute atomic E-state index is 0.0141. The lowest BCUT2D eigenvalue weighted by atomic mass is 10.0. The van der Waals surface area contributed by atoms with E-state index < -0.39 is 0 Å². The molecular formula is C15H16N2OS. The minimum Gasteiger partial charge on any atom is -0.390 e. The Bertz CT molecular complexity index is 755. The molecule has 0 amide bonds. The summed E-state index contributed by atoms with van der Waals surface area (Å²) in [5.41, 5.74) is 5.67. The van der Waals surface area contributed by atoms with Gasteiger partial charge in [-0.15, -0.1) is 11.3 Å². The second kappa shape index (κ2) is 4.47. The number of hydrogen-bond donors (Lipinski definition) is 1. The van der Waals surface area contributed by atoms with Crippen LogP contribution < -0.4 is 0 Å². The SMILES string of the molecule is Cc1ccc(-c2c(C)sc3nc(CO)cn23)c(C)c1. The highest BCUT2D eigenvalue weighted by molar-refractivity contribution is 7.17. The van der Waals surface area contributed by atoms with Gasteiger partial charge in [0.1, 0.15) is 0 Å². The number of benzene rings is 1. The van der Waals surface area contributed by atoms with E-state index in [1.807, 2.05) is 6.20 Å². The summed E-state index contributed by atoms with van der Waals surface area (Å²) in [4.78, 5) is 6.61. The van der Waals surface area contributed by atoms with Crippen molar-refractivity contribution in [1.82, 2.24) is 9.38 Å². The average Bonchev–Trinajstić information content (AvgIpc) is 2.87. The molecule has 0 unspecified atom stereocenters. The molecule has 1 aromatic carbocycles. The molecule has 4 heteroatoms. The highest BCUT2D eigenvalue weighted by Crippen LogP contribution is 2.33. The van der Waals surface area contributed by atoms with Gasteiger partial charge < -0.3 is 5.11 Å². The molecule has 2 aromatic heterocycles. The number of nitrogens with zero attached hydrogens (tertiary/aromatic N) is 2. The van der Waals surface area contributed by atoms with Crippen LogP contribution in [0.5, 0.6) is 0 Å². The molecule has 3 aromatic rings. The fourth-order valence-electron chi connectivity index (χ4n) is 2.47. The number of imidazole rings is 1. The van der Waals surface area contributed by atoms with Crippen LogP contribution in [-0.2, 0) is 6.61 Å². The number of aliphatic hydroxyl groups excluding tert-OH is 1. The molecule has 1 N–H and O–H groups in total. The van der Waals surface area contributed by atoms with Crippen molar-refractivity contribution >= 4 is 16.3 Å². The lowest BCUT2D eigenvalue weighted by Gasteiger charge is -2.07. The predicted molar refractivity (Wildman–Crippen MR) is 78.6 cm³/mol. The Labute approximate surface area is 116 Å². The molecule has 0 aliphatic rings. The fraction of sp³-hybridized carbons (Fsp3) is 0.267. The summed E-state index contributed by atoms with van der Waals surface area (Å²) in [6, 6.07) is 6.50. The highest BCUT2D eigenvalue weighted by Gasteiger charge is 2.15. The van der Waals surface area contributed by atoms with Crippen molar-refractivity contribution in [2.45, 2.75) is 27.4 Å². The molecule has 0 atom stereocenters. The first kappa shape index (κ1) is 12.4. The Morgan fingerprint density at radius 3 is 2.74 bits per heavy atom. The molecule has 0 bridgehead atoms. The first-order valence-corrected chi connectivity index (χ1v) is 7.07. The van der Waals surface area contributed by atoms with Gasteiger partial charge in [-0.1, -0.05) is 23.8 Å². The van der Waals surface area contributed by atoms with Crippen LogP contribution in [0.2, 0.25) is 0 Å². The van der Waals surface area contributed by atoms with E-state index in [1.165, 1.54) is 27.3 Å². The predicted octanol–water partition coefficient (Wildman–Crippen LogP) is 3.48. The van der Waals surface area contributed by atoms with Gasteiger partial charge in [0.05, 0.1) is 18.0 Å². The van der Waals surface area contributed by atoms with Crippen molar-refractivity contribution in [3.05, 3.63) is 46.1 Å².